The molecule has 1 heterocycles. The van der Waals surface area contributed by atoms with E-state index in [1.807, 2.05) is 0 Å². The van der Waals surface area contributed by atoms with E-state index < -0.39 is 30.1 Å². The number of nitrogens with one attached hydrogen (secondary N) is 2. The normalized spacial score (nSPS) is 18.0. The standard InChI is InChI=1S/C12H19F3N2O4/c13-12(14,15)3-1-2-6-16-10(20)17-11(9(18)19)4-7-21-8-5-11/h1-8H2,(H,18,19)(H2,16,17,20). The van der Waals surface area contributed by atoms with Crippen molar-refractivity contribution in [2.45, 2.75) is 43.8 Å². The van der Waals surface area contributed by atoms with Crippen molar-refractivity contribution >= 4 is 12.0 Å². The van der Waals surface area contributed by atoms with Crippen molar-refractivity contribution in [2.24, 2.45) is 0 Å². The molecule has 2 amide bonds. The van der Waals surface area contributed by atoms with Crippen LogP contribution in [0.25, 0.3) is 0 Å². The highest BCUT2D eigenvalue weighted by Crippen LogP contribution is 2.22. The van der Waals surface area contributed by atoms with E-state index in [0.29, 0.717) is 0 Å². The number of carboxylic acid groups (broad SMARTS) is 1. The minimum Gasteiger partial charge on any atom is -0.480 e. The lowest BCUT2D eigenvalue weighted by molar-refractivity contribution is -0.148. The van der Waals surface area contributed by atoms with E-state index in [4.69, 9.17) is 4.74 Å². The van der Waals surface area contributed by atoms with Crippen molar-refractivity contribution in [3.05, 3.63) is 0 Å². The highest BCUT2D eigenvalue weighted by atomic mass is 19.4. The highest BCUT2D eigenvalue weighted by molar-refractivity contribution is 5.86. The van der Waals surface area contributed by atoms with Gasteiger partial charge in [0.1, 0.15) is 5.54 Å². The van der Waals surface area contributed by atoms with Gasteiger partial charge in [-0.1, -0.05) is 0 Å². The number of rotatable bonds is 6. The minimum atomic E-state index is -4.20. The van der Waals surface area contributed by atoms with Crippen LogP contribution in [0, 0.1) is 0 Å². The molecular weight excluding hydrogens is 293 g/mol. The van der Waals surface area contributed by atoms with Crippen LogP contribution < -0.4 is 10.6 Å². The van der Waals surface area contributed by atoms with Crippen molar-refractivity contribution in [3.8, 4) is 0 Å². The monoisotopic (exact) mass is 312 g/mol. The molecular formula is C12H19F3N2O4. The van der Waals surface area contributed by atoms with Crippen LogP contribution in [0.4, 0.5) is 18.0 Å². The maximum absolute atomic E-state index is 11.9. The molecule has 1 aliphatic rings. The molecule has 0 unspecified atom stereocenters. The van der Waals surface area contributed by atoms with Gasteiger partial charge in [0.2, 0.25) is 0 Å². The lowest BCUT2D eigenvalue weighted by Gasteiger charge is -2.33. The number of ether oxygens (including phenoxy) is 1. The Bertz CT molecular complexity index is 368. The maximum Gasteiger partial charge on any atom is 0.389 e. The molecule has 21 heavy (non-hydrogen) atoms. The Morgan fingerprint density at radius 1 is 1.19 bits per heavy atom. The van der Waals surface area contributed by atoms with Gasteiger partial charge in [0, 0.05) is 39.0 Å². The predicted molar refractivity (Wildman–Crippen MR) is 66.9 cm³/mol. The first kappa shape index (κ1) is 17.5. The zero-order valence-corrected chi connectivity index (χ0v) is 11.5. The summed E-state index contributed by atoms with van der Waals surface area (Å²) in [5, 5.41) is 14.0. The van der Waals surface area contributed by atoms with Crippen molar-refractivity contribution in [1.29, 1.82) is 0 Å². The van der Waals surface area contributed by atoms with Gasteiger partial charge in [-0.05, 0) is 12.8 Å². The van der Waals surface area contributed by atoms with Crippen molar-refractivity contribution < 1.29 is 32.6 Å². The Morgan fingerprint density at radius 2 is 1.81 bits per heavy atom. The lowest BCUT2D eigenvalue weighted by atomic mass is 9.90. The van der Waals surface area contributed by atoms with E-state index in [-0.39, 0.29) is 45.4 Å². The molecule has 1 aliphatic heterocycles. The Balaban J connectivity index is 2.30. The third-order valence-electron chi connectivity index (χ3n) is 3.28. The highest BCUT2D eigenvalue weighted by Gasteiger charge is 2.41. The number of urea groups is 1. The van der Waals surface area contributed by atoms with E-state index in [9.17, 15) is 27.9 Å². The molecule has 1 saturated heterocycles. The smallest absolute Gasteiger partial charge is 0.389 e. The van der Waals surface area contributed by atoms with Gasteiger partial charge in [-0.2, -0.15) is 13.2 Å². The summed E-state index contributed by atoms with van der Waals surface area (Å²) in [4.78, 5) is 22.9. The van der Waals surface area contributed by atoms with Crippen molar-refractivity contribution in [1.82, 2.24) is 10.6 Å². The van der Waals surface area contributed by atoms with Gasteiger partial charge in [0.05, 0.1) is 0 Å². The summed E-state index contributed by atoms with van der Waals surface area (Å²) in [5.41, 5.74) is -1.37. The van der Waals surface area contributed by atoms with Gasteiger partial charge < -0.3 is 20.5 Å². The molecule has 0 spiro atoms. The number of carbonyl (C=O) groups excluding carboxylic acids is 1. The molecule has 0 atom stereocenters. The quantitative estimate of drug-likeness (QED) is 0.651. The number of unbranched alkanes of at least 4 members (excludes halogenated alkanes) is 1. The van der Waals surface area contributed by atoms with Gasteiger partial charge in [-0.15, -0.1) is 0 Å². The molecule has 0 aliphatic carbocycles. The maximum atomic E-state index is 11.9. The second-order valence-electron chi connectivity index (χ2n) is 4.95. The number of hydrogen-bond acceptors (Lipinski definition) is 3. The fourth-order valence-electron chi connectivity index (χ4n) is 2.03. The van der Waals surface area contributed by atoms with Gasteiger partial charge in [-0.25, -0.2) is 9.59 Å². The Kier molecular flexibility index (Phi) is 6.25. The van der Waals surface area contributed by atoms with Crippen molar-refractivity contribution in [3.63, 3.8) is 0 Å². The van der Waals surface area contributed by atoms with Crippen LogP contribution in [0.3, 0.4) is 0 Å². The van der Waals surface area contributed by atoms with Crippen LogP contribution in [-0.2, 0) is 9.53 Å². The van der Waals surface area contributed by atoms with Gasteiger partial charge >= 0.3 is 18.2 Å². The van der Waals surface area contributed by atoms with Crippen LogP contribution in [0.15, 0.2) is 0 Å². The number of carboxylic acids is 1. The summed E-state index contributed by atoms with van der Waals surface area (Å²) in [6.45, 7) is 0.532. The van der Waals surface area contributed by atoms with Crippen molar-refractivity contribution in [2.75, 3.05) is 19.8 Å². The van der Waals surface area contributed by atoms with E-state index in [1.165, 1.54) is 0 Å². The zero-order chi connectivity index (χ0) is 15.9. The number of aliphatic carboxylic acids is 1. The first-order valence-electron chi connectivity index (χ1n) is 6.69. The first-order chi connectivity index (χ1) is 9.75. The summed E-state index contributed by atoms with van der Waals surface area (Å²) in [6.07, 6.45) is -4.68. The van der Waals surface area contributed by atoms with Crippen LogP contribution in [0.5, 0.6) is 0 Å². The molecule has 3 N–H and O–H groups in total. The van der Waals surface area contributed by atoms with E-state index >= 15 is 0 Å². The third kappa shape index (κ3) is 6.19. The SMILES string of the molecule is O=C(NCCCCC(F)(F)F)NC1(C(=O)O)CCOCC1. The molecule has 6 nitrogen and oxygen atoms in total. The average molecular weight is 312 g/mol. The second kappa shape index (κ2) is 7.48. The molecule has 9 heteroatoms. The van der Waals surface area contributed by atoms with Crippen LogP contribution >= 0.6 is 0 Å². The minimum absolute atomic E-state index is 0.0636. The number of carbonyl (C=O) groups is 2. The molecule has 1 rings (SSSR count). The van der Waals surface area contributed by atoms with Crippen LogP contribution in [-0.4, -0.2) is 48.6 Å². The Labute approximate surface area is 120 Å². The van der Waals surface area contributed by atoms with E-state index in [2.05, 4.69) is 10.6 Å². The molecule has 0 saturated carbocycles. The molecule has 0 aromatic heterocycles. The summed E-state index contributed by atoms with van der Waals surface area (Å²) in [5.74, 6) is -1.14. The number of hydrogen-bond donors (Lipinski definition) is 3. The first-order valence-corrected chi connectivity index (χ1v) is 6.69. The molecule has 0 bridgehead atoms. The molecule has 122 valence electrons. The lowest BCUT2D eigenvalue weighted by Crippen LogP contribution is -2.59. The van der Waals surface area contributed by atoms with E-state index in [0.717, 1.165) is 0 Å². The summed E-state index contributed by atoms with van der Waals surface area (Å²) in [6, 6.07) is -0.689. The predicted octanol–water partition coefficient (Wildman–Crippen LogP) is 1.65. The number of amides is 2. The fourth-order valence-corrected chi connectivity index (χ4v) is 2.03. The zero-order valence-electron chi connectivity index (χ0n) is 11.5. The second-order valence-corrected chi connectivity index (χ2v) is 4.95. The average Bonchev–Trinajstić information content (AvgIpc) is 2.37. The van der Waals surface area contributed by atoms with Crippen LogP contribution in [0.1, 0.15) is 32.1 Å². The van der Waals surface area contributed by atoms with Gasteiger partial charge in [0.15, 0.2) is 0 Å². The largest absolute Gasteiger partial charge is 0.480 e. The van der Waals surface area contributed by atoms with Crippen LogP contribution in [0.2, 0.25) is 0 Å². The van der Waals surface area contributed by atoms with Gasteiger partial charge in [-0.3, -0.25) is 0 Å². The summed E-state index contributed by atoms with van der Waals surface area (Å²) >= 11 is 0. The fraction of sp³-hybridized carbons (Fsp3) is 0.833. The molecule has 1 fully saturated rings. The number of halogens is 3. The van der Waals surface area contributed by atoms with Gasteiger partial charge in [0.25, 0.3) is 0 Å². The number of alkyl halides is 3. The van der Waals surface area contributed by atoms with E-state index in [1.54, 1.807) is 0 Å². The molecule has 0 aromatic rings. The topological polar surface area (TPSA) is 87.7 Å². The Morgan fingerprint density at radius 3 is 2.33 bits per heavy atom. The molecule has 0 radical (unpaired) electrons. The summed E-state index contributed by atoms with van der Waals surface area (Å²) < 4.78 is 40.8. The Hall–Kier alpha value is -1.51. The molecule has 0 aromatic carbocycles. The third-order valence-corrected chi connectivity index (χ3v) is 3.28. The summed E-state index contributed by atoms with van der Waals surface area (Å²) in [7, 11) is 0.